The molecular formula is C6H16O4. The molecule has 64 valence electrons. The number of aldehydes is 1. The average molecular weight is 152 g/mol. The highest BCUT2D eigenvalue weighted by molar-refractivity contribution is 5.49. The summed E-state index contributed by atoms with van der Waals surface area (Å²) in [6.07, 6.45) is 0.431. The van der Waals surface area contributed by atoms with Gasteiger partial charge in [0.15, 0.2) is 0 Å². The van der Waals surface area contributed by atoms with Gasteiger partial charge in [0.1, 0.15) is 6.29 Å². The summed E-state index contributed by atoms with van der Waals surface area (Å²) in [4.78, 5) is 8.92. The summed E-state index contributed by atoms with van der Waals surface area (Å²) >= 11 is 0. The van der Waals surface area contributed by atoms with Gasteiger partial charge in [-0.15, -0.1) is 0 Å². The van der Waals surface area contributed by atoms with E-state index >= 15 is 0 Å². The highest BCUT2D eigenvalue weighted by atomic mass is 16.3. The largest absolute Gasteiger partial charge is 0.397 e. The second kappa shape index (κ2) is 38.7. The molecule has 0 radical (unpaired) electrons. The summed E-state index contributed by atoms with van der Waals surface area (Å²) in [6, 6.07) is 0. The van der Waals surface area contributed by atoms with Crippen molar-refractivity contribution >= 4 is 6.29 Å². The van der Waals surface area contributed by atoms with Gasteiger partial charge < -0.3 is 20.1 Å². The first-order chi connectivity index (χ1) is 4.74. The van der Waals surface area contributed by atoms with Crippen LogP contribution in [0.5, 0.6) is 0 Å². The van der Waals surface area contributed by atoms with Crippen LogP contribution in [0.1, 0.15) is 13.8 Å². The summed E-state index contributed by atoms with van der Waals surface area (Å²) in [6.45, 7) is 3.50. The highest BCUT2D eigenvalue weighted by Gasteiger charge is 1.53. The lowest BCUT2D eigenvalue weighted by Crippen LogP contribution is -1.75. The van der Waals surface area contributed by atoms with Crippen molar-refractivity contribution in [1.82, 2.24) is 0 Å². The summed E-state index contributed by atoms with van der Waals surface area (Å²) in [5.41, 5.74) is 0. The van der Waals surface area contributed by atoms with Gasteiger partial charge in [0, 0.05) is 13.2 Å². The number of carbonyl (C=O) groups excluding carboxylic acids is 1. The van der Waals surface area contributed by atoms with Gasteiger partial charge in [-0.3, -0.25) is 0 Å². The molecule has 0 fully saturated rings. The Balaban J connectivity index is -0.0000000750. The zero-order chi connectivity index (χ0) is 8.83. The Morgan fingerprint density at radius 3 is 1.20 bits per heavy atom. The minimum absolute atomic E-state index is 0.250. The lowest BCUT2D eigenvalue weighted by molar-refractivity contribution is -0.110. The van der Waals surface area contributed by atoms with Gasteiger partial charge in [0.05, 0.1) is 6.61 Å². The molecule has 0 aromatic heterocycles. The second-order valence-electron chi connectivity index (χ2n) is 0.982. The summed E-state index contributed by atoms with van der Waals surface area (Å²) in [7, 11) is 0. The van der Waals surface area contributed by atoms with E-state index in [1.807, 2.05) is 0 Å². The van der Waals surface area contributed by atoms with E-state index in [-0.39, 0.29) is 19.8 Å². The Kier molecular flexibility index (Phi) is 62.9. The standard InChI is InChI=1S/C2H4O2.2C2H6O/c3-1-2-4;2*1-2-3/h1,4H,2H2;2*3H,2H2,1H3. The maximum atomic E-state index is 8.92. The van der Waals surface area contributed by atoms with Crippen molar-refractivity contribution in [2.75, 3.05) is 19.8 Å². The predicted octanol–water partition coefficient (Wildman–Crippen LogP) is -0.825. The van der Waals surface area contributed by atoms with E-state index < -0.39 is 0 Å². The third kappa shape index (κ3) is 1070. The normalized spacial score (nSPS) is 6.10. The first-order valence-corrected chi connectivity index (χ1v) is 3.01. The molecular weight excluding hydrogens is 136 g/mol. The molecule has 4 heteroatoms. The fourth-order valence-electron chi connectivity index (χ4n) is 0. The Morgan fingerprint density at radius 1 is 1.10 bits per heavy atom. The number of hydrogen-bond donors (Lipinski definition) is 3. The molecule has 0 saturated heterocycles. The van der Waals surface area contributed by atoms with Crippen molar-refractivity contribution in [1.29, 1.82) is 0 Å². The van der Waals surface area contributed by atoms with Crippen LogP contribution in [0.4, 0.5) is 0 Å². The van der Waals surface area contributed by atoms with Crippen LogP contribution in [0.25, 0.3) is 0 Å². The van der Waals surface area contributed by atoms with Gasteiger partial charge in [-0.2, -0.15) is 0 Å². The molecule has 0 atom stereocenters. The van der Waals surface area contributed by atoms with Crippen molar-refractivity contribution in [3.63, 3.8) is 0 Å². The van der Waals surface area contributed by atoms with Crippen molar-refractivity contribution < 1.29 is 20.1 Å². The average Bonchev–Trinajstić information content (AvgIpc) is 1.91. The van der Waals surface area contributed by atoms with Crippen LogP contribution < -0.4 is 0 Å². The quantitative estimate of drug-likeness (QED) is 0.429. The molecule has 0 aromatic rings. The zero-order valence-electron chi connectivity index (χ0n) is 6.45. The van der Waals surface area contributed by atoms with Crippen LogP contribution in [0.2, 0.25) is 0 Å². The molecule has 0 bridgehead atoms. The smallest absolute Gasteiger partial charge is 0.145 e. The third-order valence-electron chi connectivity index (χ3n) is 0.0745. The van der Waals surface area contributed by atoms with Gasteiger partial charge in [-0.25, -0.2) is 0 Å². The first-order valence-electron chi connectivity index (χ1n) is 3.01. The van der Waals surface area contributed by atoms with Crippen LogP contribution in [0.15, 0.2) is 0 Å². The maximum absolute atomic E-state index is 8.92. The van der Waals surface area contributed by atoms with E-state index in [1.54, 1.807) is 13.8 Å². The van der Waals surface area contributed by atoms with Crippen LogP contribution in [-0.4, -0.2) is 41.4 Å². The van der Waals surface area contributed by atoms with Gasteiger partial charge in [-0.05, 0) is 13.8 Å². The molecule has 0 heterocycles. The topological polar surface area (TPSA) is 77.8 Å². The summed E-state index contributed by atoms with van der Waals surface area (Å²) in [5, 5.41) is 22.6. The molecule has 0 aliphatic heterocycles. The number of hydrogen-bond acceptors (Lipinski definition) is 4. The van der Waals surface area contributed by atoms with E-state index in [1.165, 1.54) is 0 Å². The fourth-order valence-corrected chi connectivity index (χ4v) is 0. The molecule has 10 heavy (non-hydrogen) atoms. The van der Waals surface area contributed by atoms with E-state index in [0.29, 0.717) is 6.29 Å². The van der Waals surface area contributed by atoms with Gasteiger partial charge >= 0.3 is 0 Å². The monoisotopic (exact) mass is 152 g/mol. The van der Waals surface area contributed by atoms with Crippen molar-refractivity contribution in [2.45, 2.75) is 13.8 Å². The molecule has 0 unspecified atom stereocenters. The van der Waals surface area contributed by atoms with Gasteiger partial charge in [0.25, 0.3) is 0 Å². The number of rotatable bonds is 1. The Bertz CT molecular complexity index is 36.7. The lowest BCUT2D eigenvalue weighted by Gasteiger charge is -1.54. The minimum Gasteiger partial charge on any atom is -0.397 e. The summed E-state index contributed by atoms with van der Waals surface area (Å²) in [5.74, 6) is 0. The summed E-state index contributed by atoms with van der Waals surface area (Å²) < 4.78 is 0. The van der Waals surface area contributed by atoms with Crippen molar-refractivity contribution in [3.05, 3.63) is 0 Å². The SMILES string of the molecule is CCO.CCO.O=CCO. The third-order valence-corrected chi connectivity index (χ3v) is 0.0745. The lowest BCUT2D eigenvalue weighted by atomic mass is 10.9. The fraction of sp³-hybridized carbons (Fsp3) is 0.833. The van der Waals surface area contributed by atoms with Crippen molar-refractivity contribution in [2.24, 2.45) is 0 Å². The van der Waals surface area contributed by atoms with Crippen LogP contribution >= 0.6 is 0 Å². The van der Waals surface area contributed by atoms with Crippen molar-refractivity contribution in [3.8, 4) is 0 Å². The molecule has 0 saturated carbocycles. The van der Waals surface area contributed by atoms with Gasteiger partial charge in [-0.1, -0.05) is 0 Å². The molecule has 0 rings (SSSR count). The van der Waals surface area contributed by atoms with E-state index in [0.717, 1.165) is 0 Å². The van der Waals surface area contributed by atoms with Crippen LogP contribution in [0.3, 0.4) is 0 Å². The molecule has 0 amide bonds. The minimum atomic E-state index is -0.361. The molecule has 0 aromatic carbocycles. The van der Waals surface area contributed by atoms with Gasteiger partial charge in [0.2, 0.25) is 0 Å². The van der Waals surface area contributed by atoms with Crippen LogP contribution in [0, 0.1) is 0 Å². The Labute approximate surface area is 61.1 Å². The molecule has 4 nitrogen and oxygen atoms in total. The zero-order valence-corrected chi connectivity index (χ0v) is 6.45. The molecule has 0 aliphatic carbocycles. The highest BCUT2D eigenvalue weighted by Crippen LogP contribution is 1.30. The molecule has 3 N–H and O–H groups in total. The Hall–Kier alpha value is -0.450. The second-order valence-corrected chi connectivity index (χ2v) is 0.982. The first kappa shape index (κ1) is 16.3. The molecule has 0 aliphatic rings. The maximum Gasteiger partial charge on any atom is 0.145 e. The Morgan fingerprint density at radius 2 is 1.20 bits per heavy atom. The van der Waals surface area contributed by atoms with Crippen LogP contribution in [-0.2, 0) is 4.79 Å². The van der Waals surface area contributed by atoms with E-state index in [4.69, 9.17) is 20.1 Å². The van der Waals surface area contributed by atoms with E-state index in [9.17, 15) is 0 Å². The predicted molar refractivity (Wildman–Crippen MR) is 38.7 cm³/mol. The number of aliphatic hydroxyl groups excluding tert-OH is 3. The molecule has 0 spiro atoms. The number of carbonyl (C=O) groups is 1. The number of aliphatic hydroxyl groups is 3. The van der Waals surface area contributed by atoms with E-state index in [2.05, 4.69) is 0 Å².